The molecule has 0 amide bonds. The van der Waals surface area contributed by atoms with Gasteiger partial charge in [0.05, 0.1) is 11.4 Å². The van der Waals surface area contributed by atoms with Crippen LogP contribution in [0.25, 0.3) is 51.4 Å². The Kier molecular flexibility index (Phi) is 8.01. The molecule has 284 valence electrons. The van der Waals surface area contributed by atoms with Crippen LogP contribution in [0.4, 0.5) is 22.7 Å². The molecule has 0 N–H and O–H groups in total. The summed E-state index contributed by atoms with van der Waals surface area (Å²) in [6.45, 7) is 1.09. The monoisotopic (exact) mass is 758 g/mol. The van der Waals surface area contributed by atoms with E-state index in [1.807, 2.05) is 0 Å². The van der Waals surface area contributed by atoms with Gasteiger partial charge in [0.25, 0.3) is 0 Å². The van der Waals surface area contributed by atoms with Gasteiger partial charge in [-0.2, -0.15) is 0 Å². The molecule has 0 atom stereocenters. The Bertz CT molecular complexity index is 2970. The first-order chi connectivity index (χ1) is 29.2. The van der Waals surface area contributed by atoms with Gasteiger partial charge in [-0.05, 0) is 146 Å². The maximum absolute atomic E-state index is 2.56. The normalized spacial score (nSPS) is 17.5. The van der Waals surface area contributed by atoms with Crippen LogP contribution in [0.3, 0.4) is 0 Å². The predicted molar refractivity (Wildman–Crippen MR) is 251 cm³/mol. The van der Waals surface area contributed by atoms with Crippen molar-refractivity contribution in [2.75, 3.05) is 16.3 Å². The van der Waals surface area contributed by atoms with Crippen LogP contribution >= 0.6 is 0 Å². The standard InChI is InChI=1S/C57H46N2/c1-4-14-54-41(10-1)13-9-35-58(54)46-25-31-50-51-29-20-40(37-53(51)57(33-7-8-34-57)52(50)32-27-46)18-17-39-19-28-48-44(36-39)23-24-45-38-47(26-30-49(45)48)59-55-15-5-2-11-42(55)21-22-43-12-3-6-16-56(43)59/h1-6,10-12,14-31,36-38H,7-9,13,32-35H2. The average Bonchev–Trinajstić information content (AvgIpc) is 3.73. The molecule has 0 bridgehead atoms. The molecule has 0 aromatic heterocycles. The molecule has 59 heavy (non-hydrogen) atoms. The van der Waals surface area contributed by atoms with E-state index in [1.165, 1.54) is 127 Å². The number of fused-ring (bicyclic) bond motifs is 10. The second kappa shape index (κ2) is 13.7. The Morgan fingerprint density at radius 2 is 1.20 bits per heavy atom. The van der Waals surface area contributed by atoms with E-state index in [1.54, 1.807) is 11.1 Å². The van der Waals surface area contributed by atoms with Gasteiger partial charge in [0.2, 0.25) is 0 Å². The third-order valence-electron chi connectivity index (χ3n) is 13.9. The van der Waals surface area contributed by atoms with Gasteiger partial charge in [0, 0.05) is 29.0 Å². The number of benzene rings is 7. The quantitative estimate of drug-likeness (QED) is 0.130. The number of anilines is 4. The van der Waals surface area contributed by atoms with Gasteiger partial charge in [-0.1, -0.05) is 152 Å². The number of hydrogen-bond acceptors (Lipinski definition) is 2. The molecule has 1 spiro atoms. The summed E-state index contributed by atoms with van der Waals surface area (Å²) in [7, 11) is 0. The fourth-order valence-corrected chi connectivity index (χ4v) is 11.1. The van der Waals surface area contributed by atoms with Gasteiger partial charge >= 0.3 is 0 Å². The maximum Gasteiger partial charge on any atom is 0.0534 e. The number of hydrogen-bond donors (Lipinski definition) is 0. The third-order valence-corrected chi connectivity index (χ3v) is 13.9. The molecule has 1 fully saturated rings. The summed E-state index contributed by atoms with van der Waals surface area (Å²) in [5.41, 5.74) is 19.0. The topological polar surface area (TPSA) is 6.48 Å². The highest BCUT2D eigenvalue weighted by Crippen LogP contribution is 2.57. The van der Waals surface area contributed by atoms with Gasteiger partial charge < -0.3 is 9.80 Å². The lowest BCUT2D eigenvalue weighted by atomic mass is 9.74. The fraction of sp³-hybridized carbons (Fsp3) is 0.158. The molecule has 7 aromatic rings. The van der Waals surface area contributed by atoms with Crippen molar-refractivity contribution in [2.45, 2.75) is 50.4 Å². The first-order valence-electron chi connectivity index (χ1n) is 21.6. The zero-order valence-electron chi connectivity index (χ0n) is 33.4. The molecule has 0 saturated heterocycles. The lowest BCUT2D eigenvalue weighted by molar-refractivity contribution is 0.524. The molecule has 0 radical (unpaired) electrons. The van der Waals surface area contributed by atoms with Crippen LogP contribution in [0.5, 0.6) is 0 Å². The van der Waals surface area contributed by atoms with Crippen molar-refractivity contribution in [3.63, 3.8) is 0 Å². The van der Waals surface area contributed by atoms with Crippen LogP contribution in [-0.2, 0) is 11.8 Å². The first-order valence-corrected chi connectivity index (χ1v) is 21.6. The minimum Gasteiger partial charge on any atom is -0.342 e. The Morgan fingerprint density at radius 1 is 0.542 bits per heavy atom. The molecule has 2 nitrogen and oxygen atoms in total. The van der Waals surface area contributed by atoms with Crippen LogP contribution in [-0.4, -0.2) is 6.54 Å². The average molecular weight is 759 g/mol. The molecule has 7 aromatic carbocycles. The second-order valence-electron chi connectivity index (χ2n) is 17.1. The molecule has 2 aliphatic heterocycles. The summed E-state index contributed by atoms with van der Waals surface area (Å²) in [4.78, 5) is 4.97. The highest BCUT2D eigenvalue weighted by atomic mass is 15.2. The Hall–Kier alpha value is -6.64. The summed E-state index contributed by atoms with van der Waals surface area (Å²) in [5.74, 6) is 0. The Labute approximate surface area is 347 Å². The predicted octanol–water partition coefficient (Wildman–Crippen LogP) is 15.0. The van der Waals surface area contributed by atoms with Crippen LogP contribution in [0.15, 0.2) is 169 Å². The van der Waals surface area contributed by atoms with E-state index in [0.29, 0.717) is 0 Å². The molecule has 1 saturated carbocycles. The molecule has 12 rings (SSSR count). The molecular weight excluding hydrogens is 713 g/mol. The number of rotatable bonds is 4. The largest absolute Gasteiger partial charge is 0.342 e. The highest BCUT2D eigenvalue weighted by Gasteiger charge is 2.46. The Balaban J connectivity index is 0.835. The van der Waals surface area contributed by atoms with Gasteiger partial charge in [-0.3, -0.25) is 0 Å². The zero-order chi connectivity index (χ0) is 38.9. The van der Waals surface area contributed by atoms with E-state index in [0.717, 1.165) is 13.0 Å². The lowest BCUT2D eigenvalue weighted by Crippen LogP contribution is -2.28. The minimum atomic E-state index is 0.158. The summed E-state index contributed by atoms with van der Waals surface area (Å²) >= 11 is 0. The third kappa shape index (κ3) is 5.61. The van der Waals surface area contributed by atoms with E-state index < -0.39 is 0 Å². The minimum absolute atomic E-state index is 0.158. The van der Waals surface area contributed by atoms with Crippen LogP contribution in [0, 0.1) is 0 Å². The summed E-state index contributed by atoms with van der Waals surface area (Å²) < 4.78 is 0. The van der Waals surface area contributed by atoms with E-state index in [-0.39, 0.29) is 5.41 Å². The zero-order valence-corrected chi connectivity index (χ0v) is 33.4. The summed E-state index contributed by atoms with van der Waals surface area (Å²) in [5, 5.41) is 5.07. The van der Waals surface area contributed by atoms with Crippen LogP contribution in [0.2, 0.25) is 0 Å². The molecular formula is C57H46N2. The molecule has 2 heterocycles. The Morgan fingerprint density at radius 3 is 1.98 bits per heavy atom. The first kappa shape index (κ1) is 34.4. The molecule has 0 unspecified atom stereocenters. The maximum atomic E-state index is 2.56. The summed E-state index contributed by atoms with van der Waals surface area (Å²) in [6, 6.07) is 52.1. The van der Waals surface area contributed by atoms with Crippen molar-refractivity contribution >= 4 is 74.2 Å². The van der Waals surface area contributed by atoms with Crippen molar-refractivity contribution < 1.29 is 0 Å². The molecule has 3 aliphatic carbocycles. The van der Waals surface area contributed by atoms with E-state index in [2.05, 4.69) is 192 Å². The van der Waals surface area contributed by atoms with Crippen molar-refractivity contribution in [1.29, 1.82) is 0 Å². The van der Waals surface area contributed by atoms with Crippen molar-refractivity contribution in [2.24, 2.45) is 0 Å². The molecule has 5 aliphatic rings. The molecule has 2 heteroatoms. The van der Waals surface area contributed by atoms with Crippen molar-refractivity contribution in [3.05, 3.63) is 208 Å². The van der Waals surface area contributed by atoms with E-state index in [9.17, 15) is 0 Å². The van der Waals surface area contributed by atoms with Crippen molar-refractivity contribution in [1.82, 2.24) is 0 Å². The van der Waals surface area contributed by atoms with Gasteiger partial charge in [0.1, 0.15) is 0 Å². The number of allylic oxidation sites excluding steroid dienone is 5. The van der Waals surface area contributed by atoms with E-state index in [4.69, 9.17) is 0 Å². The number of nitrogens with zero attached hydrogens (tertiary/aromatic N) is 2. The van der Waals surface area contributed by atoms with Crippen molar-refractivity contribution in [3.8, 4) is 0 Å². The smallest absolute Gasteiger partial charge is 0.0534 e. The second-order valence-corrected chi connectivity index (χ2v) is 17.1. The highest BCUT2D eigenvalue weighted by molar-refractivity contribution is 6.09. The van der Waals surface area contributed by atoms with Gasteiger partial charge in [-0.15, -0.1) is 0 Å². The lowest BCUT2D eigenvalue weighted by Gasteiger charge is -2.33. The number of aryl methyl sites for hydroxylation is 1. The van der Waals surface area contributed by atoms with Crippen LogP contribution in [0.1, 0.15) is 77.5 Å². The fourth-order valence-electron chi connectivity index (χ4n) is 11.1. The number of para-hydroxylation sites is 3. The van der Waals surface area contributed by atoms with E-state index >= 15 is 0 Å². The van der Waals surface area contributed by atoms with Crippen LogP contribution < -0.4 is 9.80 Å². The SMILES string of the molecule is C1=CC2=C(CC=C1N1CCCc3ccccc31)C1(CCCC1)c1cc(C=Cc3ccc4c(ccc5cc(N6c7ccccc7C=Cc7ccccc76)ccc54)c3)ccc12. The summed E-state index contributed by atoms with van der Waals surface area (Å²) in [6.07, 6.45) is 25.0. The van der Waals surface area contributed by atoms with Gasteiger partial charge in [-0.25, -0.2) is 0 Å². The van der Waals surface area contributed by atoms with Gasteiger partial charge in [0.15, 0.2) is 0 Å².